The maximum atomic E-state index is 14.4. The third-order valence-electron chi connectivity index (χ3n) is 7.96. The Morgan fingerprint density at radius 1 is 1.08 bits per heavy atom. The number of benzene rings is 1. The van der Waals surface area contributed by atoms with Crippen LogP contribution in [0, 0.1) is 23.2 Å². The highest BCUT2D eigenvalue weighted by Gasteiger charge is 2.63. The maximum absolute atomic E-state index is 14.4. The van der Waals surface area contributed by atoms with Gasteiger partial charge in [-0.1, -0.05) is 0 Å². The standard InChI is InChI=1S/C27H28N8O2/c1-33-15-30-11-19(33)8-27(9-20-12-31-16-34(20)2)26(37)35(25-21-13-29-14-22(21)25)24(32-27)7-23(36)18-5-3-17(10-28)4-6-18/h3-7,11-12,15-16,21-22,25,29,32H,8-9,13-14H2,1-2H3/t21-,22+,25?. The van der Waals surface area contributed by atoms with Gasteiger partial charge in [0.1, 0.15) is 11.4 Å². The molecule has 3 fully saturated rings. The minimum absolute atomic E-state index is 0.0341. The van der Waals surface area contributed by atoms with Crippen LogP contribution in [0.5, 0.6) is 0 Å². The number of piperidine rings is 1. The molecule has 1 amide bonds. The lowest BCUT2D eigenvalue weighted by Crippen LogP contribution is -2.51. The fourth-order valence-electron chi connectivity index (χ4n) is 5.82. The van der Waals surface area contributed by atoms with E-state index in [1.807, 2.05) is 28.1 Å². The van der Waals surface area contributed by atoms with Crippen molar-refractivity contribution in [2.45, 2.75) is 24.4 Å². The van der Waals surface area contributed by atoms with Gasteiger partial charge in [0.25, 0.3) is 5.91 Å². The molecule has 37 heavy (non-hydrogen) atoms. The largest absolute Gasteiger partial charge is 0.356 e. The van der Waals surface area contributed by atoms with E-state index >= 15 is 0 Å². The summed E-state index contributed by atoms with van der Waals surface area (Å²) in [6, 6.07) is 8.68. The summed E-state index contributed by atoms with van der Waals surface area (Å²) in [5.74, 6) is 1.04. The van der Waals surface area contributed by atoms with Gasteiger partial charge < -0.3 is 19.8 Å². The molecule has 10 heteroatoms. The van der Waals surface area contributed by atoms with Crippen LogP contribution in [0.3, 0.4) is 0 Å². The van der Waals surface area contributed by atoms with E-state index in [1.165, 1.54) is 6.08 Å². The average Bonchev–Trinajstić information content (AvgIpc) is 3.38. The van der Waals surface area contributed by atoms with Crippen LogP contribution in [0.1, 0.15) is 27.3 Å². The number of carbonyl (C=O) groups excluding carboxylic acids is 2. The van der Waals surface area contributed by atoms with Gasteiger partial charge >= 0.3 is 0 Å². The van der Waals surface area contributed by atoms with Gasteiger partial charge in [0, 0.05) is 81.5 Å². The molecular formula is C27H28N8O2. The van der Waals surface area contributed by atoms with Gasteiger partial charge in [-0.3, -0.25) is 14.5 Å². The third-order valence-corrected chi connectivity index (χ3v) is 7.96. The van der Waals surface area contributed by atoms with Crippen LogP contribution in [-0.2, 0) is 31.7 Å². The number of ketones is 1. The average molecular weight is 497 g/mol. The SMILES string of the molecule is Cn1cncc1CC1(Cc2cncn2C)NC(=CC(=O)c2ccc(C#N)cc2)N(C2[C@H]3CNC[C@@H]23)C1=O. The van der Waals surface area contributed by atoms with Gasteiger partial charge in [-0.2, -0.15) is 5.26 Å². The first-order chi connectivity index (χ1) is 17.9. The molecule has 3 aromatic rings. The summed E-state index contributed by atoms with van der Waals surface area (Å²) in [5.41, 5.74) is 1.79. The molecule has 2 saturated heterocycles. The number of allylic oxidation sites excluding steroid dienone is 1. The number of aryl methyl sites for hydroxylation is 2. The molecule has 2 aliphatic heterocycles. The summed E-state index contributed by atoms with van der Waals surface area (Å²) in [7, 11) is 3.83. The molecular weight excluding hydrogens is 468 g/mol. The number of hydrogen-bond acceptors (Lipinski definition) is 7. The topological polar surface area (TPSA) is 121 Å². The number of fused-ring (bicyclic) bond motifs is 1. The molecule has 1 saturated carbocycles. The zero-order chi connectivity index (χ0) is 25.7. The van der Waals surface area contributed by atoms with Gasteiger partial charge in [-0.15, -0.1) is 0 Å². The predicted molar refractivity (Wildman–Crippen MR) is 134 cm³/mol. The summed E-state index contributed by atoms with van der Waals surface area (Å²) < 4.78 is 3.84. The Hall–Kier alpha value is -4.23. The maximum Gasteiger partial charge on any atom is 0.254 e. The first-order valence-electron chi connectivity index (χ1n) is 12.4. The molecule has 1 unspecified atom stereocenters. The van der Waals surface area contributed by atoms with E-state index in [4.69, 9.17) is 5.26 Å². The van der Waals surface area contributed by atoms with E-state index in [0.29, 0.717) is 41.6 Å². The van der Waals surface area contributed by atoms with Gasteiger partial charge in [0.2, 0.25) is 0 Å². The van der Waals surface area contributed by atoms with Crippen molar-refractivity contribution >= 4 is 11.7 Å². The lowest BCUT2D eigenvalue weighted by atomic mass is 9.88. The minimum atomic E-state index is -0.997. The highest BCUT2D eigenvalue weighted by molar-refractivity contribution is 6.06. The first-order valence-corrected chi connectivity index (χ1v) is 12.4. The number of nitrogens with one attached hydrogen (secondary N) is 2. The molecule has 188 valence electrons. The van der Waals surface area contributed by atoms with Gasteiger partial charge in [0.15, 0.2) is 5.78 Å². The van der Waals surface area contributed by atoms with Crippen LogP contribution >= 0.6 is 0 Å². The van der Waals surface area contributed by atoms with Crippen LogP contribution < -0.4 is 10.6 Å². The second-order valence-electron chi connectivity index (χ2n) is 10.3. The molecule has 1 aromatic carbocycles. The molecule has 6 rings (SSSR count). The smallest absolute Gasteiger partial charge is 0.254 e. The van der Waals surface area contributed by atoms with Crippen molar-refractivity contribution in [2.75, 3.05) is 13.1 Å². The van der Waals surface area contributed by atoms with Crippen LogP contribution in [0.25, 0.3) is 0 Å². The zero-order valence-electron chi connectivity index (χ0n) is 20.8. The lowest BCUT2D eigenvalue weighted by Gasteiger charge is -2.28. The van der Waals surface area contributed by atoms with E-state index in [0.717, 1.165) is 24.5 Å². The number of amides is 1. The van der Waals surface area contributed by atoms with E-state index in [2.05, 4.69) is 26.7 Å². The summed E-state index contributed by atoms with van der Waals surface area (Å²) in [6.07, 6.45) is 9.38. The van der Waals surface area contributed by atoms with E-state index < -0.39 is 5.54 Å². The van der Waals surface area contributed by atoms with Crippen molar-refractivity contribution < 1.29 is 9.59 Å². The van der Waals surface area contributed by atoms with Crippen molar-refractivity contribution in [1.29, 1.82) is 5.26 Å². The molecule has 4 heterocycles. The molecule has 3 atom stereocenters. The molecule has 0 bridgehead atoms. The molecule has 0 spiro atoms. The highest BCUT2D eigenvalue weighted by Crippen LogP contribution is 2.49. The Morgan fingerprint density at radius 2 is 1.68 bits per heavy atom. The Bertz CT molecular complexity index is 1390. The zero-order valence-corrected chi connectivity index (χ0v) is 20.8. The van der Waals surface area contributed by atoms with Crippen LogP contribution in [-0.4, -0.2) is 60.4 Å². The Labute approximate surface area is 214 Å². The molecule has 2 aromatic heterocycles. The second kappa shape index (κ2) is 8.71. The first kappa shape index (κ1) is 23.2. The summed E-state index contributed by atoms with van der Waals surface area (Å²) in [6.45, 7) is 1.73. The second-order valence-corrected chi connectivity index (χ2v) is 10.3. The number of hydrogen-bond donors (Lipinski definition) is 2. The number of aromatic nitrogens is 4. The molecule has 2 N–H and O–H groups in total. The van der Waals surface area contributed by atoms with Crippen molar-refractivity contribution in [2.24, 2.45) is 25.9 Å². The normalized spacial score (nSPS) is 24.7. The fraction of sp³-hybridized carbons (Fsp3) is 0.370. The number of nitriles is 1. The summed E-state index contributed by atoms with van der Waals surface area (Å²) in [4.78, 5) is 38.1. The lowest BCUT2D eigenvalue weighted by molar-refractivity contribution is -0.132. The number of nitrogens with zero attached hydrogens (tertiary/aromatic N) is 6. The van der Waals surface area contributed by atoms with E-state index in [9.17, 15) is 9.59 Å². The Morgan fingerprint density at radius 3 is 2.19 bits per heavy atom. The van der Waals surface area contributed by atoms with Crippen molar-refractivity contribution in [1.82, 2.24) is 34.6 Å². The highest BCUT2D eigenvalue weighted by atomic mass is 16.2. The van der Waals surface area contributed by atoms with Crippen LogP contribution in [0.4, 0.5) is 0 Å². The van der Waals surface area contributed by atoms with Crippen molar-refractivity contribution in [3.8, 4) is 6.07 Å². The quantitative estimate of drug-likeness (QED) is 0.369. The molecule has 1 aliphatic carbocycles. The molecule has 0 radical (unpaired) electrons. The monoisotopic (exact) mass is 496 g/mol. The van der Waals surface area contributed by atoms with Gasteiger partial charge in [-0.05, 0) is 36.1 Å². The summed E-state index contributed by atoms with van der Waals surface area (Å²) in [5, 5.41) is 16.0. The Kier molecular flexibility index (Phi) is 5.46. The van der Waals surface area contributed by atoms with Crippen LogP contribution in [0.2, 0.25) is 0 Å². The van der Waals surface area contributed by atoms with Crippen molar-refractivity contribution in [3.05, 3.63) is 83.7 Å². The van der Waals surface area contributed by atoms with E-state index in [-0.39, 0.29) is 17.7 Å². The van der Waals surface area contributed by atoms with Crippen molar-refractivity contribution in [3.63, 3.8) is 0 Å². The number of rotatable bonds is 7. The Balaban J connectivity index is 1.41. The summed E-state index contributed by atoms with van der Waals surface area (Å²) >= 11 is 0. The molecule has 3 aliphatic rings. The van der Waals surface area contributed by atoms with E-state index in [1.54, 1.807) is 49.3 Å². The van der Waals surface area contributed by atoms with Gasteiger partial charge in [-0.25, -0.2) is 9.97 Å². The predicted octanol–water partition coefficient (Wildman–Crippen LogP) is 0.923. The third kappa shape index (κ3) is 3.92. The fourth-order valence-corrected chi connectivity index (χ4v) is 5.82. The van der Waals surface area contributed by atoms with Crippen LogP contribution in [0.15, 0.2) is 61.2 Å². The molecule has 10 nitrogen and oxygen atoms in total. The number of carbonyl (C=O) groups is 2. The number of imidazole rings is 2. The van der Waals surface area contributed by atoms with Gasteiger partial charge in [0.05, 0.1) is 24.3 Å². The minimum Gasteiger partial charge on any atom is -0.356 e.